The van der Waals surface area contributed by atoms with Crippen molar-refractivity contribution in [2.45, 2.75) is 0 Å². The Morgan fingerprint density at radius 2 is 1.60 bits per heavy atom. The minimum atomic E-state index is -1.07. The minimum Gasteiger partial charge on any atom is -0.478 e. The molecule has 2 N–H and O–H groups in total. The average Bonchev–Trinajstić information content (AvgIpc) is 2.80. The fraction of sp³-hybridized carbons (Fsp3) is 0. The molecule has 0 atom stereocenters. The van der Waals surface area contributed by atoms with Gasteiger partial charge in [-0.3, -0.25) is 9.59 Å². The number of carbonyl (C=O) groups is 3. The van der Waals surface area contributed by atoms with Crippen LogP contribution in [0, 0.1) is 0 Å². The van der Waals surface area contributed by atoms with Crippen molar-refractivity contribution in [1.82, 2.24) is 0 Å². The largest absolute Gasteiger partial charge is 0.478 e. The van der Waals surface area contributed by atoms with Crippen LogP contribution in [0.2, 0.25) is 5.02 Å². The van der Waals surface area contributed by atoms with Crippen molar-refractivity contribution in [3.8, 4) is 0 Å². The monoisotopic (exact) mass is 376 g/mol. The first-order valence-electron chi connectivity index (χ1n) is 7.03. The van der Waals surface area contributed by atoms with Gasteiger partial charge in [0.2, 0.25) is 0 Å². The number of anilines is 2. The molecule has 8 heteroatoms. The molecule has 0 unspecified atom stereocenters. The van der Waals surface area contributed by atoms with Crippen LogP contribution < -0.4 is 10.2 Å². The second-order valence-electron chi connectivity index (χ2n) is 5.09. The highest BCUT2D eigenvalue weighted by atomic mass is 35.5. The summed E-state index contributed by atoms with van der Waals surface area (Å²) in [5, 5.41) is 11.6. The van der Waals surface area contributed by atoms with Gasteiger partial charge >= 0.3 is 5.97 Å². The van der Waals surface area contributed by atoms with Crippen molar-refractivity contribution in [3.63, 3.8) is 0 Å². The maximum atomic E-state index is 12.6. The van der Waals surface area contributed by atoms with E-state index < -0.39 is 17.8 Å². The van der Waals surface area contributed by atoms with Crippen molar-refractivity contribution < 1.29 is 19.5 Å². The fourth-order valence-electron chi connectivity index (χ4n) is 2.30. The molecule has 0 bridgehead atoms. The predicted octanol–water partition coefficient (Wildman–Crippen LogP) is 3.47. The lowest BCUT2D eigenvalue weighted by atomic mass is 10.2. The topological polar surface area (TPSA) is 86.7 Å². The molecule has 1 aliphatic rings. The molecular formula is C17H10Cl2N2O4. The van der Waals surface area contributed by atoms with Gasteiger partial charge in [-0.05, 0) is 36.4 Å². The molecule has 0 saturated carbocycles. The van der Waals surface area contributed by atoms with E-state index >= 15 is 0 Å². The smallest absolute Gasteiger partial charge is 0.335 e. The number of aromatic carboxylic acids is 1. The third kappa shape index (κ3) is 3.09. The van der Waals surface area contributed by atoms with E-state index in [1.54, 1.807) is 18.2 Å². The van der Waals surface area contributed by atoms with E-state index in [2.05, 4.69) is 5.32 Å². The molecule has 3 rings (SSSR count). The fourth-order valence-corrected chi connectivity index (χ4v) is 2.74. The molecule has 2 aromatic rings. The number of amides is 2. The summed E-state index contributed by atoms with van der Waals surface area (Å²) in [6.07, 6.45) is 0. The first kappa shape index (κ1) is 17.0. The Hall–Kier alpha value is -2.83. The van der Waals surface area contributed by atoms with E-state index in [9.17, 15) is 14.4 Å². The van der Waals surface area contributed by atoms with Crippen LogP contribution in [0.5, 0.6) is 0 Å². The van der Waals surface area contributed by atoms with Gasteiger partial charge in [0.15, 0.2) is 0 Å². The van der Waals surface area contributed by atoms with Crippen LogP contribution >= 0.6 is 23.2 Å². The molecule has 25 heavy (non-hydrogen) atoms. The molecule has 6 nitrogen and oxygen atoms in total. The normalized spacial score (nSPS) is 14.2. The second-order valence-corrected chi connectivity index (χ2v) is 5.88. The number of para-hydroxylation sites is 1. The molecule has 0 radical (unpaired) electrons. The number of carboxylic acid groups (broad SMARTS) is 1. The van der Waals surface area contributed by atoms with Gasteiger partial charge < -0.3 is 10.4 Å². The second kappa shape index (κ2) is 6.58. The molecule has 0 spiro atoms. The number of hydrogen-bond acceptors (Lipinski definition) is 4. The van der Waals surface area contributed by atoms with Crippen molar-refractivity contribution in [3.05, 3.63) is 69.8 Å². The number of carboxylic acids is 1. The Labute approximate surface area is 152 Å². The number of halogens is 2. The van der Waals surface area contributed by atoms with Crippen LogP contribution in [-0.2, 0) is 9.59 Å². The Bertz CT molecular complexity index is 923. The van der Waals surface area contributed by atoms with Crippen molar-refractivity contribution >= 4 is 52.4 Å². The summed E-state index contributed by atoms with van der Waals surface area (Å²) in [6.45, 7) is 0. The Balaban J connectivity index is 1.90. The van der Waals surface area contributed by atoms with E-state index in [-0.39, 0.29) is 27.0 Å². The molecule has 1 aliphatic heterocycles. The van der Waals surface area contributed by atoms with Crippen LogP contribution in [0.1, 0.15) is 10.4 Å². The minimum absolute atomic E-state index is 0.0946. The number of carbonyl (C=O) groups excluding carboxylic acids is 2. The number of benzene rings is 2. The summed E-state index contributed by atoms with van der Waals surface area (Å²) in [7, 11) is 0. The van der Waals surface area contributed by atoms with E-state index in [4.69, 9.17) is 28.3 Å². The van der Waals surface area contributed by atoms with Gasteiger partial charge in [0.1, 0.15) is 10.7 Å². The standard InChI is InChI=1S/C17H10Cl2N2O4/c18-11-3-1-2-4-12(11)21-15(22)13(19)14(16(21)23)20-10-7-5-9(6-8-10)17(24)25/h1-8,20H,(H,24,25). The van der Waals surface area contributed by atoms with Gasteiger partial charge in [0, 0.05) is 5.69 Å². The molecule has 0 saturated heterocycles. The summed E-state index contributed by atoms with van der Waals surface area (Å²) in [5.74, 6) is -2.41. The molecule has 0 aromatic heterocycles. The van der Waals surface area contributed by atoms with E-state index in [0.717, 1.165) is 4.90 Å². The average molecular weight is 377 g/mol. The number of hydrogen-bond donors (Lipinski definition) is 2. The van der Waals surface area contributed by atoms with Crippen molar-refractivity contribution in [2.75, 3.05) is 10.2 Å². The van der Waals surface area contributed by atoms with Crippen molar-refractivity contribution in [1.29, 1.82) is 0 Å². The Kier molecular flexibility index (Phi) is 4.48. The summed E-state index contributed by atoms with van der Waals surface area (Å²) in [6, 6.07) is 12.1. The van der Waals surface area contributed by atoms with Crippen LogP contribution in [0.15, 0.2) is 59.3 Å². The summed E-state index contributed by atoms with van der Waals surface area (Å²) >= 11 is 12.1. The highest BCUT2D eigenvalue weighted by molar-refractivity contribution is 6.53. The van der Waals surface area contributed by atoms with Crippen LogP contribution in [0.25, 0.3) is 0 Å². The molecule has 2 amide bonds. The molecular weight excluding hydrogens is 367 g/mol. The molecule has 2 aromatic carbocycles. The number of nitrogens with one attached hydrogen (secondary N) is 1. The number of nitrogens with zero attached hydrogens (tertiary/aromatic N) is 1. The molecule has 1 heterocycles. The zero-order valence-corrected chi connectivity index (χ0v) is 14.0. The zero-order chi connectivity index (χ0) is 18.1. The summed E-state index contributed by atoms with van der Waals surface area (Å²) in [5.41, 5.74) is 0.641. The Morgan fingerprint density at radius 1 is 0.960 bits per heavy atom. The van der Waals surface area contributed by atoms with Crippen LogP contribution in [-0.4, -0.2) is 22.9 Å². The van der Waals surface area contributed by atoms with Gasteiger partial charge in [-0.1, -0.05) is 35.3 Å². The van der Waals surface area contributed by atoms with Gasteiger partial charge in [0.25, 0.3) is 11.8 Å². The van der Waals surface area contributed by atoms with E-state index in [1.165, 1.54) is 30.3 Å². The van der Waals surface area contributed by atoms with Gasteiger partial charge in [-0.15, -0.1) is 0 Å². The lowest BCUT2D eigenvalue weighted by Crippen LogP contribution is -2.32. The quantitative estimate of drug-likeness (QED) is 0.797. The Morgan fingerprint density at radius 3 is 2.20 bits per heavy atom. The molecule has 0 fully saturated rings. The van der Waals surface area contributed by atoms with Crippen LogP contribution in [0.4, 0.5) is 11.4 Å². The molecule has 126 valence electrons. The van der Waals surface area contributed by atoms with Crippen molar-refractivity contribution in [2.24, 2.45) is 0 Å². The first-order valence-corrected chi connectivity index (χ1v) is 7.79. The molecule has 0 aliphatic carbocycles. The predicted molar refractivity (Wildman–Crippen MR) is 93.8 cm³/mol. The van der Waals surface area contributed by atoms with E-state index in [0.29, 0.717) is 5.69 Å². The first-order chi connectivity index (χ1) is 11.9. The van der Waals surface area contributed by atoms with Gasteiger partial charge in [0.05, 0.1) is 16.3 Å². The van der Waals surface area contributed by atoms with Gasteiger partial charge in [-0.25, -0.2) is 9.69 Å². The SMILES string of the molecule is O=C(O)c1ccc(NC2=C(Cl)C(=O)N(c3ccccc3Cl)C2=O)cc1. The third-order valence-electron chi connectivity index (χ3n) is 3.52. The third-order valence-corrected chi connectivity index (χ3v) is 4.19. The lowest BCUT2D eigenvalue weighted by molar-refractivity contribution is -0.120. The summed E-state index contributed by atoms with van der Waals surface area (Å²) in [4.78, 5) is 36.7. The summed E-state index contributed by atoms with van der Waals surface area (Å²) < 4.78 is 0. The number of imide groups is 1. The van der Waals surface area contributed by atoms with E-state index in [1.807, 2.05) is 0 Å². The van der Waals surface area contributed by atoms with Gasteiger partial charge in [-0.2, -0.15) is 0 Å². The maximum Gasteiger partial charge on any atom is 0.335 e. The maximum absolute atomic E-state index is 12.6. The highest BCUT2D eigenvalue weighted by Gasteiger charge is 2.39. The lowest BCUT2D eigenvalue weighted by Gasteiger charge is -2.16. The van der Waals surface area contributed by atoms with Crippen LogP contribution in [0.3, 0.4) is 0 Å². The zero-order valence-electron chi connectivity index (χ0n) is 12.5. The number of rotatable bonds is 4. The highest BCUT2D eigenvalue weighted by Crippen LogP contribution is 2.33.